The van der Waals surface area contributed by atoms with Crippen LogP contribution >= 0.6 is 11.6 Å². The lowest BCUT2D eigenvalue weighted by Crippen LogP contribution is -2.52. The van der Waals surface area contributed by atoms with Crippen molar-refractivity contribution in [1.82, 2.24) is 4.90 Å². The first-order valence-electron chi connectivity index (χ1n) is 9.60. The molecule has 1 aromatic carbocycles. The van der Waals surface area contributed by atoms with Crippen LogP contribution in [0.25, 0.3) is 0 Å². The summed E-state index contributed by atoms with van der Waals surface area (Å²) in [6.45, 7) is 3.21. The minimum Gasteiger partial charge on any atom is -0.373 e. The average molecular weight is 362 g/mol. The zero-order valence-corrected chi connectivity index (χ0v) is 16.0. The van der Waals surface area contributed by atoms with E-state index in [9.17, 15) is 4.79 Å². The monoisotopic (exact) mass is 361 g/mol. The average Bonchev–Trinajstić information content (AvgIpc) is 2.55. The largest absolute Gasteiger partial charge is 0.373 e. The SMILES string of the molecule is Cc1ccc(C(=O)N(C)CCOC23CC4CC(CC(C4)C2)C3)cc1Cl. The van der Waals surface area contributed by atoms with Crippen molar-refractivity contribution >= 4 is 17.5 Å². The Morgan fingerprint density at radius 1 is 1.20 bits per heavy atom. The van der Waals surface area contributed by atoms with E-state index in [4.69, 9.17) is 16.3 Å². The highest BCUT2D eigenvalue weighted by Gasteiger charge is 2.51. The number of aryl methyl sites for hydroxylation is 1. The van der Waals surface area contributed by atoms with Crippen molar-refractivity contribution in [3.63, 3.8) is 0 Å². The summed E-state index contributed by atoms with van der Waals surface area (Å²) in [4.78, 5) is 14.3. The molecule has 0 atom stereocenters. The minimum absolute atomic E-state index is 0.0102. The van der Waals surface area contributed by atoms with Gasteiger partial charge in [-0.3, -0.25) is 4.79 Å². The van der Waals surface area contributed by atoms with Crippen LogP contribution in [0.3, 0.4) is 0 Å². The van der Waals surface area contributed by atoms with Crippen LogP contribution in [-0.4, -0.2) is 36.6 Å². The van der Waals surface area contributed by atoms with Crippen molar-refractivity contribution in [1.29, 1.82) is 0 Å². The lowest BCUT2D eigenvalue weighted by atomic mass is 9.54. The fraction of sp³-hybridized carbons (Fsp3) is 0.667. The van der Waals surface area contributed by atoms with E-state index in [2.05, 4.69) is 0 Å². The first-order chi connectivity index (χ1) is 11.9. The van der Waals surface area contributed by atoms with Crippen molar-refractivity contribution in [2.24, 2.45) is 17.8 Å². The van der Waals surface area contributed by atoms with E-state index in [1.165, 1.54) is 38.5 Å². The van der Waals surface area contributed by atoms with Crippen LogP contribution < -0.4 is 0 Å². The summed E-state index contributed by atoms with van der Waals surface area (Å²) < 4.78 is 6.42. The molecule has 0 aliphatic heterocycles. The molecule has 1 aromatic rings. The van der Waals surface area contributed by atoms with Crippen molar-refractivity contribution < 1.29 is 9.53 Å². The van der Waals surface area contributed by atoms with E-state index >= 15 is 0 Å². The molecular formula is C21H28ClNO2. The van der Waals surface area contributed by atoms with Gasteiger partial charge in [-0.15, -0.1) is 0 Å². The highest BCUT2D eigenvalue weighted by atomic mass is 35.5. The predicted molar refractivity (Wildman–Crippen MR) is 100 cm³/mol. The zero-order valence-electron chi connectivity index (χ0n) is 15.3. The molecule has 0 unspecified atom stereocenters. The van der Waals surface area contributed by atoms with E-state index in [0.717, 1.165) is 23.3 Å². The van der Waals surface area contributed by atoms with Gasteiger partial charge in [0.2, 0.25) is 0 Å². The molecule has 5 rings (SSSR count). The molecule has 4 heteroatoms. The number of ether oxygens (including phenoxy) is 1. The van der Waals surface area contributed by atoms with Gasteiger partial charge in [0.25, 0.3) is 5.91 Å². The van der Waals surface area contributed by atoms with Gasteiger partial charge < -0.3 is 9.64 Å². The maximum Gasteiger partial charge on any atom is 0.253 e. The van der Waals surface area contributed by atoms with E-state index in [-0.39, 0.29) is 11.5 Å². The Morgan fingerprint density at radius 3 is 2.36 bits per heavy atom. The molecule has 0 spiro atoms. The second-order valence-electron chi connectivity index (χ2n) is 8.64. The molecule has 0 radical (unpaired) electrons. The third-order valence-electron chi connectivity index (χ3n) is 6.58. The van der Waals surface area contributed by atoms with E-state index in [1.807, 2.05) is 26.1 Å². The smallest absolute Gasteiger partial charge is 0.253 e. The Hall–Kier alpha value is -1.06. The molecule has 4 bridgehead atoms. The van der Waals surface area contributed by atoms with Crippen LogP contribution in [0.4, 0.5) is 0 Å². The number of nitrogens with zero attached hydrogens (tertiary/aromatic N) is 1. The molecule has 4 fully saturated rings. The first kappa shape index (κ1) is 17.4. The van der Waals surface area contributed by atoms with Crippen molar-refractivity contribution in [2.75, 3.05) is 20.2 Å². The number of likely N-dealkylation sites (N-methyl/N-ethyl adjacent to an activating group) is 1. The first-order valence-corrected chi connectivity index (χ1v) is 9.97. The van der Waals surface area contributed by atoms with E-state index in [1.54, 1.807) is 11.0 Å². The second kappa shape index (κ2) is 6.59. The number of benzene rings is 1. The number of rotatable bonds is 5. The zero-order chi connectivity index (χ0) is 17.6. The molecule has 0 saturated heterocycles. The summed E-state index contributed by atoms with van der Waals surface area (Å²) in [5.74, 6) is 2.68. The van der Waals surface area contributed by atoms with Crippen LogP contribution in [0.1, 0.15) is 54.4 Å². The van der Waals surface area contributed by atoms with Gasteiger partial charge in [0.15, 0.2) is 0 Å². The van der Waals surface area contributed by atoms with Crippen LogP contribution in [0, 0.1) is 24.7 Å². The Morgan fingerprint density at radius 2 is 1.80 bits per heavy atom. The van der Waals surface area contributed by atoms with Gasteiger partial charge >= 0.3 is 0 Å². The maximum atomic E-state index is 12.6. The predicted octanol–water partition coefficient (Wildman–Crippen LogP) is 4.71. The van der Waals surface area contributed by atoms with E-state index < -0.39 is 0 Å². The fourth-order valence-corrected chi connectivity index (χ4v) is 5.84. The molecule has 4 aliphatic carbocycles. The normalized spacial score (nSPS) is 32.8. The van der Waals surface area contributed by atoms with Crippen molar-refractivity contribution in [3.05, 3.63) is 34.3 Å². The van der Waals surface area contributed by atoms with Crippen LogP contribution in [0.15, 0.2) is 18.2 Å². The molecule has 0 heterocycles. The Labute approximate surface area is 155 Å². The number of amides is 1. The third-order valence-corrected chi connectivity index (χ3v) is 6.99. The standard InChI is InChI=1S/C21H28ClNO2/c1-14-3-4-18(10-19(14)22)20(24)23(2)5-6-25-21-11-15-7-16(12-21)9-17(8-15)13-21/h3-4,10,15-17H,5-9,11-13H2,1-2H3. The Kier molecular flexibility index (Phi) is 4.57. The van der Waals surface area contributed by atoms with Gasteiger partial charge in [0.1, 0.15) is 0 Å². The number of carbonyl (C=O) groups excluding carboxylic acids is 1. The maximum absolute atomic E-state index is 12.6. The quantitative estimate of drug-likeness (QED) is 0.760. The number of halogens is 1. The van der Waals surface area contributed by atoms with Crippen LogP contribution in [0.2, 0.25) is 5.02 Å². The molecule has 4 aliphatic rings. The molecule has 136 valence electrons. The molecular weight excluding hydrogens is 334 g/mol. The summed E-state index contributed by atoms with van der Waals surface area (Å²) in [7, 11) is 1.85. The summed E-state index contributed by atoms with van der Waals surface area (Å²) >= 11 is 6.15. The molecule has 0 aromatic heterocycles. The number of hydrogen-bond donors (Lipinski definition) is 0. The van der Waals surface area contributed by atoms with Crippen molar-refractivity contribution in [3.8, 4) is 0 Å². The Bertz CT molecular complexity index is 637. The lowest BCUT2D eigenvalue weighted by Gasteiger charge is -2.56. The highest BCUT2D eigenvalue weighted by Crippen LogP contribution is 2.57. The van der Waals surface area contributed by atoms with E-state index in [0.29, 0.717) is 23.7 Å². The molecule has 0 N–H and O–H groups in total. The highest BCUT2D eigenvalue weighted by molar-refractivity contribution is 6.31. The summed E-state index contributed by atoms with van der Waals surface area (Å²) in [5.41, 5.74) is 1.75. The molecule has 4 saturated carbocycles. The van der Waals surface area contributed by atoms with Gasteiger partial charge in [-0.2, -0.15) is 0 Å². The summed E-state index contributed by atoms with van der Waals surface area (Å²) in [5, 5.41) is 0.643. The van der Waals surface area contributed by atoms with Gasteiger partial charge in [0.05, 0.1) is 12.2 Å². The fourth-order valence-electron chi connectivity index (χ4n) is 5.65. The molecule has 25 heavy (non-hydrogen) atoms. The summed E-state index contributed by atoms with van der Waals surface area (Å²) in [6.07, 6.45) is 8.00. The summed E-state index contributed by atoms with van der Waals surface area (Å²) in [6, 6.07) is 5.50. The van der Waals surface area contributed by atoms with Gasteiger partial charge in [-0.05, 0) is 80.9 Å². The van der Waals surface area contributed by atoms with Gasteiger partial charge in [-0.25, -0.2) is 0 Å². The van der Waals surface area contributed by atoms with Crippen LogP contribution in [-0.2, 0) is 4.74 Å². The molecule has 1 amide bonds. The minimum atomic E-state index is 0.0102. The van der Waals surface area contributed by atoms with Gasteiger partial charge in [-0.1, -0.05) is 17.7 Å². The number of carbonyl (C=O) groups is 1. The molecule has 3 nitrogen and oxygen atoms in total. The Balaban J connectivity index is 1.32. The topological polar surface area (TPSA) is 29.5 Å². The third kappa shape index (κ3) is 3.46. The number of hydrogen-bond acceptors (Lipinski definition) is 2. The van der Waals surface area contributed by atoms with Crippen LogP contribution in [0.5, 0.6) is 0 Å². The van der Waals surface area contributed by atoms with Crippen molar-refractivity contribution in [2.45, 2.75) is 51.0 Å². The van der Waals surface area contributed by atoms with Gasteiger partial charge in [0, 0.05) is 24.2 Å². The lowest BCUT2D eigenvalue weighted by molar-refractivity contribution is -0.163. The second-order valence-corrected chi connectivity index (χ2v) is 9.05.